The maximum Gasteiger partial charge on any atom is 0.212 e. The van der Waals surface area contributed by atoms with E-state index in [1.807, 2.05) is 54.7 Å². The van der Waals surface area contributed by atoms with Crippen molar-refractivity contribution in [3.63, 3.8) is 0 Å². The molecule has 5 nitrogen and oxygen atoms in total. The fourth-order valence-electron chi connectivity index (χ4n) is 4.61. The molecule has 0 fully saturated rings. The van der Waals surface area contributed by atoms with Gasteiger partial charge in [-0.25, -0.2) is 8.42 Å². The summed E-state index contributed by atoms with van der Waals surface area (Å²) < 4.78 is 27.0. The van der Waals surface area contributed by atoms with Crippen LogP contribution in [0.2, 0.25) is 0 Å². The number of aromatic nitrogens is 1. The van der Waals surface area contributed by atoms with Crippen LogP contribution in [0.1, 0.15) is 28.3 Å². The van der Waals surface area contributed by atoms with Crippen LogP contribution in [0.25, 0.3) is 22.0 Å². The van der Waals surface area contributed by atoms with E-state index in [0.717, 1.165) is 44.3 Å². The van der Waals surface area contributed by atoms with Crippen molar-refractivity contribution in [1.82, 2.24) is 9.29 Å². The highest BCUT2D eigenvalue weighted by Gasteiger charge is 2.34. The van der Waals surface area contributed by atoms with Crippen molar-refractivity contribution < 1.29 is 8.42 Å². The topological polar surface area (TPSA) is 76.3 Å². The molecule has 1 aliphatic rings. The Bertz CT molecular complexity index is 1450. The lowest BCUT2D eigenvalue weighted by atomic mass is 9.89. The van der Waals surface area contributed by atoms with Gasteiger partial charge in [-0.2, -0.15) is 4.31 Å². The Morgan fingerprint density at radius 1 is 1.00 bits per heavy atom. The number of nitrogens with two attached hydrogens (primary N) is 1. The zero-order chi connectivity index (χ0) is 22.5. The lowest BCUT2D eigenvalue weighted by molar-refractivity contribution is 0.299. The highest BCUT2D eigenvalue weighted by atomic mass is 32.2. The van der Waals surface area contributed by atoms with Crippen LogP contribution in [0.5, 0.6) is 0 Å². The van der Waals surface area contributed by atoms with Gasteiger partial charge in [-0.3, -0.25) is 4.98 Å². The van der Waals surface area contributed by atoms with Crippen LogP contribution in [-0.4, -0.2) is 24.0 Å². The first kappa shape index (κ1) is 20.7. The first-order valence-corrected chi connectivity index (χ1v) is 12.4. The number of anilines is 1. The van der Waals surface area contributed by atoms with Gasteiger partial charge in [0.15, 0.2) is 0 Å². The van der Waals surface area contributed by atoms with Crippen molar-refractivity contribution in [1.29, 1.82) is 0 Å². The highest BCUT2D eigenvalue weighted by molar-refractivity contribution is 7.88. The minimum atomic E-state index is -3.42. The van der Waals surface area contributed by atoms with Gasteiger partial charge >= 0.3 is 0 Å². The van der Waals surface area contributed by atoms with Crippen LogP contribution in [0.15, 0.2) is 72.9 Å². The Morgan fingerprint density at radius 3 is 2.56 bits per heavy atom. The Labute approximate surface area is 188 Å². The molecule has 1 unspecified atom stereocenters. The van der Waals surface area contributed by atoms with Gasteiger partial charge in [0.25, 0.3) is 0 Å². The third kappa shape index (κ3) is 3.66. The first-order chi connectivity index (χ1) is 15.3. The van der Waals surface area contributed by atoms with Gasteiger partial charge < -0.3 is 5.73 Å². The van der Waals surface area contributed by atoms with Crippen molar-refractivity contribution in [3.05, 3.63) is 95.2 Å². The predicted molar refractivity (Wildman–Crippen MR) is 130 cm³/mol. The number of sulfonamides is 1. The second-order valence-corrected chi connectivity index (χ2v) is 10.4. The highest BCUT2D eigenvalue weighted by Crippen LogP contribution is 2.39. The van der Waals surface area contributed by atoms with Gasteiger partial charge in [-0.15, -0.1) is 0 Å². The molecule has 0 aliphatic carbocycles. The molecule has 5 rings (SSSR count). The fourth-order valence-corrected chi connectivity index (χ4v) is 5.64. The molecule has 3 aromatic carbocycles. The third-order valence-electron chi connectivity index (χ3n) is 6.36. The van der Waals surface area contributed by atoms with E-state index in [0.29, 0.717) is 18.7 Å². The summed E-state index contributed by atoms with van der Waals surface area (Å²) in [4.78, 5) is 4.69. The molecule has 0 amide bonds. The summed E-state index contributed by atoms with van der Waals surface area (Å²) >= 11 is 0. The number of hydrogen-bond donors (Lipinski definition) is 1. The van der Waals surface area contributed by atoms with Crippen LogP contribution >= 0.6 is 0 Å². The third-order valence-corrected chi connectivity index (χ3v) is 7.60. The SMILES string of the molecule is Cc1ccc(C2Cc3c(N)cccc3CN2S(C)(=O)=O)cc1-c1cc2ccccc2cn1. The second kappa shape index (κ2) is 7.73. The van der Waals surface area contributed by atoms with Crippen molar-refractivity contribution in [3.8, 4) is 11.3 Å². The van der Waals surface area contributed by atoms with Gasteiger partial charge in [0, 0.05) is 29.4 Å². The van der Waals surface area contributed by atoms with E-state index in [4.69, 9.17) is 10.7 Å². The average Bonchev–Trinajstić information content (AvgIpc) is 2.78. The Kier molecular flexibility index (Phi) is 4.99. The molecule has 1 aromatic heterocycles. The smallest absolute Gasteiger partial charge is 0.212 e. The maximum atomic E-state index is 12.7. The number of nitrogen functional groups attached to an aromatic ring is 1. The van der Waals surface area contributed by atoms with Crippen LogP contribution in [0, 0.1) is 6.92 Å². The molecular formula is C26H25N3O2S. The molecule has 0 bridgehead atoms. The zero-order valence-electron chi connectivity index (χ0n) is 18.1. The van der Waals surface area contributed by atoms with E-state index < -0.39 is 10.0 Å². The lowest BCUT2D eigenvalue weighted by Crippen LogP contribution is -2.38. The average molecular weight is 444 g/mol. The normalized spacial score (nSPS) is 16.8. The van der Waals surface area contributed by atoms with Gasteiger partial charge in [0.05, 0.1) is 18.0 Å². The molecule has 1 aliphatic heterocycles. The molecular weight excluding hydrogens is 418 g/mol. The van der Waals surface area contributed by atoms with E-state index in [1.54, 1.807) is 4.31 Å². The Hall–Kier alpha value is -3.22. The summed E-state index contributed by atoms with van der Waals surface area (Å²) in [6.45, 7) is 2.37. The molecule has 0 saturated carbocycles. The fraction of sp³-hybridized carbons (Fsp3) is 0.192. The number of benzene rings is 3. The second-order valence-electron chi connectivity index (χ2n) is 8.50. The predicted octanol–water partition coefficient (Wildman–Crippen LogP) is 4.85. The van der Waals surface area contributed by atoms with E-state index >= 15 is 0 Å². The summed E-state index contributed by atoms with van der Waals surface area (Å²) in [6, 6.07) is 21.8. The van der Waals surface area contributed by atoms with Crippen LogP contribution in [0.3, 0.4) is 0 Å². The van der Waals surface area contributed by atoms with Gasteiger partial charge in [0.2, 0.25) is 10.0 Å². The Morgan fingerprint density at radius 2 is 1.78 bits per heavy atom. The molecule has 2 N–H and O–H groups in total. The van der Waals surface area contributed by atoms with Crippen LogP contribution in [0.4, 0.5) is 5.69 Å². The molecule has 162 valence electrons. The molecule has 0 saturated heterocycles. The van der Waals surface area contributed by atoms with E-state index in [-0.39, 0.29) is 6.04 Å². The number of rotatable bonds is 3. The molecule has 0 spiro atoms. The maximum absolute atomic E-state index is 12.7. The largest absolute Gasteiger partial charge is 0.398 e. The number of fused-ring (bicyclic) bond motifs is 2. The van der Waals surface area contributed by atoms with Gasteiger partial charge in [-0.05, 0) is 59.2 Å². The molecule has 0 radical (unpaired) electrons. The molecule has 32 heavy (non-hydrogen) atoms. The number of pyridine rings is 1. The van der Waals surface area contributed by atoms with Crippen LogP contribution < -0.4 is 5.73 Å². The molecule has 6 heteroatoms. The molecule has 1 atom stereocenters. The van der Waals surface area contributed by atoms with E-state index in [1.165, 1.54) is 6.26 Å². The standard InChI is InChI=1S/C26H25N3O2S/c1-17-10-11-19(12-22(17)25-13-18-6-3-4-7-20(18)15-28-25)26-14-23-21(8-5-9-24(23)27)16-29(26)32(2,30)31/h3-13,15,26H,14,16,27H2,1-2H3. The minimum Gasteiger partial charge on any atom is -0.398 e. The number of nitrogens with zero attached hydrogens (tertiary/aromatic N) is 2. The Balaban J connectivity index is 1.62. The number of hydrogen-bond acceptors (Lipinski definition) is 4. The zero-order valence-corrected chi connectivity index (χ0v) is 18.9. The van der Waals surface area contributed by atoms with Gasteiger partial charge in [0.1, 0.15) is 0 Å². The summed E-state index contributed by atoms with van der Waals surface area (Å²) in [5.41, 5.74) is 12.9. The van der Waals surface area contributed by atoms with E-state index in [2.05, 4.69) is 25.1 Å². The van der Waals surface area contributed by atoms with Crippen molar-refractivity contribution >= 4 is 26.5 Å². The number of aryl methyl sites for hydroxylation is 1. The van der Waals surface area contributed by atoms with Crippen LogP contribution in [-0.2, 0) is 23.0 Å². The first-order valence-electron chi connectivity index (χ1n) is 10.6. The lowest BCUT2D eigenvalue weighted by Gasteiger charge is -2.36. The van der Waals surface area contributed by atoms with Gasteiger partial charge in [-0.1, -0.05) is 48.5 Å². The van der Waals surface area contributed by atoms with Crippen molar-refractivity contribution in [2.24, 2.45) is 0 Å². The summed E-state index contributed by atoms with van der Waals surface area (Å²) in [5.74, 6) is 0. The molecule has 4 aromatic rings. The van der Waals surface area contributed by atoms with Crippen molar-refractivity contribution in [2.45, 2.75) is 25.9 Å². The van der Waals surface area contributed by atoms with E-state index in [9.17, 15) is 8.42 Å². The quantitative estimate of drug-likeness (QED) is 0.459. The minimum absolute atomic E-state index is 0.318. The molecule has 2 heterocycles. The van der Waals surface area contributed by atoms with Crippen molar-refractivity contribution in [2.75, 3.05) is 12.0 Å². The summed E-state index contributed by atoms with van der Waals surface area (Å²) in [7, 11) is -3.42. The summed E-state index contributed by atoms with van der Waals surface area (Å²) in [5, 5.41) is 2.21. The summed E-state index contributed by atoms with van der Waals surface area (Å²) in [6.07, 6.45) is 3.71. The monoisotopic (exact) mass is 443 g/mol.